The topological polar surface area (TPSA) is 46.6 Å². The maximum absolute atomic E-state index is 13.9. The number of benzene rings is 4. The lowest BCUT2D eigenvalue weighted by Gasteiger charge is -2.45. The zero-order valence-corrected chi connectivity index (χ0v) is 18.3. The van der Waals surface area contributed by atoms with Crippen molar-refractivity contribution < 1.29 is 14.3 Å². The van der Waals surface area contributed by atoms with Crippen LogP contribution in [-0.4, -0.2) is 11.8 Å². The average molecular weight is 444 g/mol. The summed E-state index contributed by atoms with van der Waals surface area (Å²) in [5, 5.41) is 0. The minimum atomic E-state index is -0.388. The second-order valence-corrected chi connectivity index (χ2v) is 9.19. The SMILES string of the molecule is O=C1[C@H]2C3c4ccccc4C(c4ccccc43)[C@@H]2C(=O)N1c1cccc(Oc2ccccc2)c1. The molecule has 8 rings (SSSR count). The van der Waals surface area contributed by atoms with Crippen LogP contribution in [0.2, 0.25) is 0 Å². The summed E-state index contributed by atoms with van der Waals surface area (Å²) in [5.74, 6) is 0.0731. The van der Waals surface area contributed by atoms with Gasteiger partial charge in [-0.1, -0.05) is 72.8 Å². The number of anilines is 1. The second-order valence-electron chi connectivity index (χ2n) is 9.19. The molecule has 0 spiro atoms. The van der Waals surface area contributed by atoms with E-state index in [2.05, 4.69) is 24.3 Å². The highest BCUT2D eigenvalue weighted by molar-refractivity contribution is 6.23. The Kier molecular flexibility index (Phi) is 4.06. The molecule has 164 valence electrons. The van der Waals surface area contributed by atoms with Crippen molar-refractivity contribution in [1.82, 2.24) is 0 Å². The molecule has 0 aromatic heterocycles. The molecule has 0 saturated carbocycles. The van der Waals surface area contributed by atoms with Gasteiger partial charge in [-0.05, 0) is 46.5 Å². The summed E-state index contributed by atoms with van der Waals surface area (Å²) in [5.41, 5.74) is 5.27. The van der Waals surface area contributed by atoms with Gasteiger partial charge in [-0.2, -0.15) is 0 Å². The van der Waals surface area contributed by atoms with Gasteiger partial charge in [0.15, 0.2) is 0 Å². The summed E-state index contributed by atoms with van der Waals surface area (Å²) < 4.78 is 5.97. The molecular formula is C30H21NO3. The standard InChI is InChI=1S/C30H21NO3/c32-29-27-25-21-13-4-5-14-22(21)26(24-16-7-6-15-23(24)25)28(27)30(33)31(29)18-9-8-12-20(17-18)34-19-10-2-1-3-11-19/h1-17,25-28H/t25?,26?,27-,28-/m0/s1. The average Bonchev–Trinajstić information content (AvgIpc) is 3.15. The number of carbonyl (C=O) groups excluding carboxylic acids is 2. The van der Waals surface area contributed by atoms with Gasteiger partial charge in [-0.25, -0.2) is 4.90 Å². The molecule has 3 aliphatic carbocycles. The quantitative estimate of drug-likeness (QED) is 0.372. The highest BCUT2D eigenvalue weighted by Gasteiger charge is 2.61. The highest BCUT2D eigenvalue weighted by Crippen LogP contribution is 2.61. The van der Waals surface area contributed by atoms with Gasteiger partial charge in [0, 0.05) is 17.9 Å². The number of hydrogen-bond acceptors (Lipinski definition) is 3. The van der Waals surface area contributed by atoms with E-state index in [4.69, 9.17) is 4.74 Å². The summed E-state index contributed by atoms with van der Waals surface area (Å²) in [6, 6.07) is 33.3. The Morgan fingerprint density at radius 1 is 0.529 bits per heavy atom. The molecular weight excluding hydrogens is 422 g/mol. The van der Waals surface area contributed by atoms with Crippen molar-refractivity contribution in [2.24, 2.45) is 11.8 Å². The summed E-state index contributed by atoms with van der Waals surface area (Å²) in [6.45, 7) is 0. The van der Waals surface area contributed by atoms with Gasteiger partial charge in [0.05, 0.1) is 17.5 Å². The molecule has 0 N–H and O–H groups in total. The third-order valence-corrected chi connectivity index (χ3v) is 7.50. The van der Waals surface area contributed by atoms with E-state index in [1.165, 1.54) is 27.2 Å². The third kappa shape index (κ3) is 2.59. The molecule has 1 aliphatic heterocycles. The van der Waals surface area contributed by atoms with E-state index in [0.717, 1.165) is 0 Å². The minimum Gasteiger partial charge on any atom is -0.457 e. The highest BCUT2D eigenvalue weighted by atomic mass is 16.5. The van der Waals surface area contributed by atoms with Gasteiger partial charge in [0.25, 0.3) is 0 Å². The van der Waals surface area contributed by atoms with E-state index in [1.54, 1.807) is 6.07 Å². The van der Waals surface area contributed by atoms with E-state index in [1.807, 2.05) is 72.8 Å². The van der Waals surface area contributed by atoms with Crippen LogP contribution >= 0.6 is 0 Å². The maximum atomic E-state index is 13.9. The van der Waals surface area contributed by atoms with Crippen molar-refractivity contribution >= 4 is 17.5 Å². The van der Waals surface area contributed by atoms with Gasteiger partial charge in [-0.3, -0.25) is 9.59 Å². The van der Waals surface area contributed by atoms with Gasteiger partial charge in [0.1, 0.15) is 11.5 Å². The molecule has 2 bridgehead atoms. The Hall–Kier alpha value is -4.18. The largest absolute Gasteiger partial charge is 0.457 e. The molecule has 0 unspecified atom stereocenters. The van der Waals surface area contributed by atoms with Crippen LogP contribution in [0.15, 0.2) is 103 Å². The normalized spacial score (nSPS) is 23.9. The summed E-state index contributed by atoms with van der Waals surface area (Å²) in [6.07, 6.45) is 0. The number of carbonyl (C=O) groups is 2. The first-order valence-electron chi connectivity index (χ1n) is 11.6. The van der Waals surface area contributed by atoms with E-state index in [-0.39, 0.29) is 35.5 Å². The van der Waals surface area contributed by atoms with Crippen molar-refractivity contribution in [3.63, 3.8) is 0 Å². The lowest BCUT2D eigenvalue weighted by atomic mass is 9.55. The number of nitrogens with zero attached hydrogens (tertiary/aromatic N) is 1. The van der Waals surface area contributed by atoms with Crippen LogP contribution in [0.5, 0.6) is 11.5 Å². The van der Waals surface area contributed by atoms with Crippen molar-refractivity contribution in [1.29, 1.82) is 0 Å². The van der Waals surface area contributed by atoms with Crippen LogP contribution in [0.4, 0.5) is 5.69 Å². The fourth-order valence-corrected chi connectivity index (χ4v) is 6.24. The Morgan fingerprint density at radius 3 is 1.53 bits per heavy atom. The van der Waals surface area contributed by atoms with Crippen LogP contribution in [0.1, 0.15) is 34.1 Å². The predicted octanol–water partition coefficient (Wildman–Crippen LogP) is 5.88. The molecule has 2 atom stereocenters. The number of hydrogen-bond donors (Lipinski definition) is 0. The van der Waals surface area contributed by atoms with Gasteiger partial charge < -0.3 is 4.74 Å². The smallest absolute Gasteiger partial charge is 0.238 e. The second kappa shape index (κ2) is 7.16. The lowest BCUT2D eigenvalue weighted by Crippen LogP contribution is -2.41. The molecule has 1 fully saturated rings. The fourth-order valence-electron chi connectivity index (χ4n) is 6.24. The molecule has 1 saturated heterocycles. The van der Waals surface area contributed by atoms with Crippen LogP contribution < -0.4 is 9.64 Å². The van der Waals surface area contributed by atoms with Crippen molar-refractivity contribution in [2.45, 2.75) is 11.8 Å². The molecule has 4 aliphatic rings. The Balaban J connectivity index is 1.32. The molecule has 4 aromatic rings. The molecule has 34 heavy (non-hydrogen) atoms. The van der Waals surface area contributed by atoms with E-state index in [0.29, 0.717) is 17.2 Å². The lowest BCUT2D eigenvalue weighted by molar-refractivity contribution is -0.122. The minimum absolute atomic E-state index is 0.104. The van der Waals surface area contributed by atoms with Crippen LogP contribution in [0.3, 0.4) is 0 Å². The molecule has 4 aromatic carbocycles. The summed E-state index contributed by atoms with van der Waals surface area (Å²) >= 11 is 0. The maximum Gasteiger partial charge on any atom is 0.238 e. The zero-order chi connectivity index (χ0) is 22.8. The first-order valence-corrected chi connectivity index (χ1v) is 11.6. The van der Waals surface area contributed by atoms with E-state index < -0.39 is 0 Å². The van der Waals surface area contributed by atoms with Crippen LogP contribution in [0.25, 0.3) is 0 Å². The van der Waals surface area contributed by atoms with Gasteiger partial charge in [0.2, 0.25) is 11.8 Å². The summed E-state index contributed by atoms with van der Waals surface area (Å²) in [7, 11) is 0. The zero-order valence-electron chi connectivity index (χ0n) is 18.3. The number of ether oxygens (including phenoxy) is 1. The number of imide groups is 1. The number of rotatable bonds is 3. The van der Waals surface area contributed by atoms with Crippen LogP contribution in [0, 0.1) is 11.8 Å². The Bertz CT molecular complexity index is 1350. The Labute approximate surface area is 197 Å². The fraction of sp³-hybridized carbons (Fsp3) is 0.133. The monoisotopic (exact) mass is 443 g/mol. The number of para-hydroxylation sites is 1. The molecule has 4 nitrogen and oxygen atoms in total. The van der Waals surface area contributed by atoms with Crippen molar-refractivity contribution in [3.05, 3.63) is 125 Å². The molecule has 1 heterocycles. The van der Waals surface area contributed by atoms with Crippen molar-refractivity contribution in [3.8, 4) is 11.5 Å². The summed E-state index contributed by atoms with van der Waals surface area (Å²) in [4.78, 5) is 29.2. The molecule has 4 heteroatoms. The first kappa shape index (κ1) is 19.3. The van der Waals surface area contributed by atoms with Gasteiger partial charge >= 0.3 is 0 Å². The number of amides is 2. The van der Waals surface area contributed by atoms with Crippen molar-refractivity contribution in [2.75, 3.05) is 4.90 Å². The first-order chi connectivity index (χ1) is 16.7. The van der Waals surface area contributed by atoms with Gasteiger partial charge in [-0.15, -0.1) is 0 Å². The molecule has 2 amide bonds. The van der Waals surface area contributed by atoms with E-state index in [9.17, 15) is 9.59 Å². The Morgan fingerprint density at radius 2 is 1.00 bits per heavy atom. The van der Waals surface area contributed by atoms with E-state index >= 15 is 0 Å². The molecule has 0 radical (unpaired) electrons. The third-order valence-electron chi connectivity index (χ3n) is 7.50. The van der Waals surface area contributed by atoms with Crippen LogP contribution in [-0.2, 0) is 9.59 Å². The predicted molar refractivity (Wildman–Crippen MR) is 129 cm³/mol.